The van der Waals surface area contributed by atoms with Gasteiger partial charge in [-0.05, 0) is 24.5 Å². The summed E-state index contributed by atoms with van der Waals surface area (Å²) < 4.78 is 0. The largest absolute Gasteiger partial charge is 0.481 e. The number of carboxylic acid groups (broad SMARTS) is 1. The van der Waals surface area contributed by atoms with Crippen LogP contribution >= 0.6 is 0 Å². The van der Waals surface area contributed by atoms with Crippen LogP contribution in [0.2, 0.25) is 0 Å². The van der Waals surface area contributed by atoms with Crippen LogP contribution in [0.4, 0.5) is 0 Å². The molecule has 1 aliphatic carbocycles. The van der Waals surface area contributed by atoms with E-state index < -0.39 is 11.9 Å². The highest BCUT2D eigenvalue weighted by Crippen LogP contribution is 2.33. The van der Waals surface area contributed by atoms with Crippen LogP contribution < -0.4 is 5.32 Å². The fraction of sp³-hybridized carbons (Fsp3) is 0.579. The summed E-state index contributed by atoms with van der Waals surface area (Å²) in [6, 6.07) is 3.86. The molecule has 1 aromatic rings. The average molecular weight is 359 g/mol. The van der Waals surface area contributed by atoms with Crippen molar-refractivity contribution in [1.29, 1.82) is 0 Å². The number of aromatic nitrogens is 1. The zero-order valence-electron chi connectivity index (χ0n) is 14.8. The standard InChI is InChI=1S/C19H25N3O4/c23-17(21-14-5-1-2-6-14)7-8-18(24)22-11-15(16(12-22)19(25)26)13-4-3-9-20-10-13/h3-4,9-10,14-16H,1-2,5-8,11-12H2,(H,21,23)(H,25,26). The number of nitrogens with one attached hydrogen (secondary N) is 1. The van der Waals surface area contributed by atoms with Crippen LogP contribution in [0.15, 0.2) is 24.5 Å². The van der Waals surface area contributed by atoms with E-state index in [1.165, 1.54) is 0 Å². The molecule has 2 aliphatic rings. The summed E-state index contributed by atoms with van der Waals surface area (Å²) in [4.78, 5) is 41.7. The van der Waals surface area contributed by atoms with Crippen molar-refractivity contribution in [1.82, 2.24) is 15.2 Å². The van der Waals surface area contributed by atoms with Crippen molar-refractivity contribution >= 4 is 17.8 Å². The van der Waals surface area contributed by atoms with E-state index in [1.54, 1.807) is 23.4 Å². The molecule has 1 aromatic heterocycles. The highest BCUT2D eigenvalue weighted by Gasteiger charge is 2.40. The minimum Gasteiger partial charge on any atom is -0.481 e. The highest BCUT2D eigenvalue weighted by molar-refractivity contribution is 5.85. The second kappa shape index (κ2) is 8.29. The van der Waals surface area contributed by atoms with Crippen molar-refractivity contribution in [2.24, 2.45) is 5.92 Å². The first-order valence-corrected chi connectivity index (χ1v) is 9.24. The van der Waals surface area contributed by atoms with Crippen LogP contribution in [0.25, 0.3) is 0 Å². The molecule has 140 valence electrons. The van der Waals surface area contributed by atoms with Crippen molar-refractivity contribution in [3.8, 4) is 0 Å². The lowest BCUT2D eigenvalue weighted by Crippen LogP contribution is -2.34. The van der Waals surface area contributed by atoms with E-state index in [4.69, 9.17) is 0 Å². The topological polar surface area (TPSA) is 99.6 Å². The monoisotopic (exact) mass is 359 g/mol. The minimum absolute atomic E-state index is 0.0944. The average Bonchev–Trinajstić information content (AvgIpc) is 3.30. The van der Waals surface area contributed by atoms with Gasteiger partial charge in [-0.3, -0.25) is 19.4 Å². The van der Waals surface area contributed by atoms with Gasteiger partial charge in [0, 0.05) is 50.3 Å². The summed E-state index contributed by atoms with van der Waals surface area (Å²) in [5.74, 6) is -2.08. The Morgan fingerprint density at radius 2 is 1.96 bits per heavy atom. The van der Waals surface area contributed by atoms with Gasteiger partial charge < -0.3 is 15.3 Å². The number of carboxylic acids is 1. The van der Waals surface area contributed by atoms with Crippen LogP contribution in [0.1, 0.15) is 50.0 Å². The molecule has 0 aromatic carbocycles. The van der Waals surface area contributed by atoms with Crippen LogP contribution in [0.5, 0.6) is 0 Å². The smallest absolute Gasteiger partial charge is 0.308 e. The van der Waals surface area contributed by atoms with Crippen molar-refractivity contribution in [2.75, 3.05) is 13.1 Å². The van der Waals surface area contributed by atoms with Crippen molar-refractivity contribution in [3.63, 3.8) is 0 Å². The van der Waals surface area contributed by atoms with Gasteiger partial charge in [-0.1, -0.05) is 18.9 Å². The van der Waals surface area contributed by atoms with Gasteiger partial charge in [-0.15, -0.1) is 0 Å². The molecule has 2 unspecified atom stereocenters. The van der Waals surface area contributed by atoms with E-state index in [0.29, 0.717) is 6.54 Å². The molecule has 0 bridgehead atoms. The second-order valence-corrected chi connectivity index (χ2v) is 7.19. The fourth-order valence-electron chi connectivity index (χ4n) is 3.94. The van der Waals surface area contributed by atoms with Crippen molar-refractivity contribution < 1.29 is 19.5 Å². The van der Waals surface area contributed by atoms with Gasteiger partial charge in [-0.2, -0.15) is 0 Å². The Bertz CT molecular complexity index is 658. The Hall–Kier alpha value is -2.44. The van der Waals surface area contributed by atoms with Gasteiger partial charge >= 0.3 is 5.97 Å². The quantitative estimate of drug-likeness (QED) is 0.803. The Morgan fingerprint density at radius 3 is 2.62 bits per heavy atom. The van der Waals surface area contributed by atoms with Crippen LogP contribution in [-0.2, 0) is 14.4 Å². The SMILES string of the molecule is O=C(CCC(=O)N1CC(C(=O)O)C(c2cccnc2)C1)NC1CCCC1. The van der Waals surface area contributed by atoms with Gasteiger partial charge in [0.15, 0.2) is 0 Å². The van der Waals surface area contributed by atoms with E-state index in [-0.39, 0.29) is 43.2 Å². The number of hydrogen-bond acceptors (Lipinski definition) is 4. The number of likely N-dealkylation sites (tertiary alicyclic amines) is 1. The number of carbonyl (C=O) groups excluding carboxylic acids is 2. The van der Waals surface area contributed by atoms with Crippen molar-refractivity contribution in [3.05, 3.63) is 30.1 Å². The van der Waals surface area contributed by atoms with E-state index in [9.17, 15) is 19.5 Å². The van der Waals surface area contributed by atoms with Gasteiger partial charge in [0.1, 0.15) is 0 Å². The molecule has 2 fully saturated rings. The summed E-state index contributed by atoms with van der Waals surface area (Å²) in [6.07, 6.45) is 7.88. The molecule has 1 aliphatic heterocycles. The molecule has 0 radical (unpaired) electrons. The lowest BCUT2D eigenvalue weighted by molar-refractivity contribution is -0.142. The molecule has 2 amide bonds. The zero-order valence-corrected chi connectivity index (χ0v) is 14.8. The van der Waals surface area contributed by atoms with E-state index in [0.717, 1.165) is 31.2 Å². The summed E-state index contributed by atoms with van der Waals surface area (Å²) in [5, 5.41) is 12.5. The first-order valence-electron chi connectivity index (χ1n) is 9.24. The number of rotatable bonds is 6. The van der Waals surface area contributed by atoms with Crippen LogP contribution in [-0.4, -0.2) is 51.9 Å². The lowest BCUT2D eigenvalue weighted by Gasteiger charge is -2.17. The van der Waals surface area contributed by atoms with Crippen LogP contribution in [0.3, 0.4) is 0 Å². The third-order valence-corrected chi connectivity index (χ3v) is 5.39. The molecular weight excluding hydrogens is 334 g/mol. The van der Waals surface area contributed by atoms with Gasteiger partial charge in [0.2, 0.25) is 11.8 Å². The van der Waals surface area contributed by atoms with Crippen molar-refractivity contribution in [2.45, 2.75) is 50.5 Å². The van der Waals surface area contributed by atoms with E-state index in [2.05, 4.69) is 10.3 Å². The predicted molar refractivity (Wildman–Crippen MR) is 94.3 cm³/mol. The normalized spacial score (nSPS) is 23.2. The number of nitrogens with zero attached hydrogens (tertiary/aromatic N) is 2. The maximum absolute atomic E-state index is 12.5. The Balaban J connectivity index is 1.54. The Labute approximate surface area is 152 Å². The molecule has 26 heavy (non-hydrogen) atoms. The molecule has 0 spiro atoms. The van der Waals surface area contributed by atoms with E-state index >= 15 is 0 Å². The molecular formula is C19H25N3O4. The molecule has 2 heterocycles. The third kappa shape index (κ3) is 4.39. The summed E-state index contributed by atoms with van der Waals surface area (Å²) in [6.45, 7) is 0.531. The van der Waals surface area contributed by atoms with Crippen LogP contribution in [0, 0.1) is 5.92 Å². The lowest BCUT2D eigenvalue weighted by atomic mass is 9.90. The third-order valence-electron chi connectivity index (χ3n) is 5.39. The van der Waals surface area contributed by atoms with E-state index in [1.807, 2.05) is 6.07 Å². The molecule has 7 nitrogen and oxygen atoms in total. The first-order chi connectivity index (χ1) is 12.5. The Kier molecular flexibility index (Phi) is 5.85. The second-order valence-electron chi connectivity index (χ2n) is 7.19. The molecule has 1 saturated carbocycles. The first kappa shape index (κ1) is 18.4. The minimum atomic E-state index is -0.909. The number of amides is 2. The van der Waals surface area contributed by atoms with Gasteiger partial charge in [0.05, 0.1) is 5.92 Å². The maximum Gasteiger partial charge on any atom is 0.308 e. The van der Waals surface area contributed by atoms with Gasteiger partial charge in [0.25, 0.3) is 0 Å². The number of carbonyl (C=O) groups is 3. The number of hydrogen-bond donors (Lipinski definition) is 2. The highest BCUT2D eigenvalue weighted by atomic mass is 16.4. The number of aliphatic carboxylic acids is 1. The maximum atomic E-state index is 12.5. The zero-order chi connectivity index (χ0) is 18.5. The summed E-state index contributed by atoms with van der Waals surface area (Å²) >= 11 is 0. The fourth-order valence-corrected chi connectivity index (χ4v) is 3.94. The molecule has 2 N–H and O–H groups in total. The summed E-state index contributed by atoms with van der Waals surface area (Å²) in [5.41, 5.74) is 0.828. The summed E-state index contributed by atoms with van der Waals surface area (Å²) in [7, 11) is 0. The Morgan fingerprint density at radius 1 is 1.19 bits per heavy atom. The molecule has 2 atom stereocenters. The predicted octanol–water partition coefficient (Wildman–Crippen LogP) is 1.55. The van der Waals surface area contributed by atoms with Gasteiger partial charge in [-0.25, -0.2) is 0 Å². The molecule has 7 heteroatoms. The molecule has 3 rings (SSSR count). The molecule has 1 saturated heterocycles. The number of pyridine rings is 1.